The molecule has 1 N–H and O–H groups in total. The van der Waals surface area contributed by atoms with Gasteiger partial charge in [0.05, 0.1) is 10.6 Å². The van der Waals surface area contributed by atoms with Gasteiger partial charge in [-0.1, -0.05) is 69.7 Å². The summed E-state index contributed by atoms with van der Waals surface area (Å²) in [5, 5.41) is 2.85. The van der Waals surface area contributed by atoms with Crippen LogP contribution in [0.5, 0.6) is 5.75 Å². The number of ether oxygens (including phenoxy) is 1. The van der Waals surface area contributed by atoms with Crippen LogP contribution in [0.25, 0.3) is 6.08 Å². The number of nitrogens with one attached hydrogen (secondary N) is 1. The monoisotopic (exact) mass is 552 g/mol. The van der Waals surface area contributed by atoms with Gasteiger partial charge < -0.3 is 10.1 Å². The predicted molar refractivity (Wildman–Crippen MR) is 146 cm³/mol. The van der Waals surface area contributed by atoms with Crippen molar-refractivity contribution in [3.05, 3.63) is 92.8 Å². The summed E-state index contributed by atoms with van der Waals surface area (Å²) in [6.45, 7) is 3.79. The van der Waals surface area contributed by atoms with Crippen LogP contribution in [0.1, 0.15) is 16.7 Å². The third-order valence-corrected chi connectivity index (χ3v) is 6.87. The summed E-state index contributed by atoms with van der Waals surface area (Å²) in [6.07, 6.45) is 1.78. The van der Waals surface area contributed by atoms with Crippen LogP contribution in [0.15, 0.2) is 76.1 Å². The van der Waals surface area contributed by atoms with Gasteiger partial charge in [0.25, 0.3) is 11.8 Å². The predicted octanol–water partition coefficient (Wildman–Crippen LogP) is 6.49. The zero-order valence-electron chi connectivity index (χ0n) is 18.5. The van der Waals surface area contributed by atoms with Crippen LogP contribution in [0.4, 0.5) is 11.4 Å². The summed E-state index contributed by atoms with van der Waals surface area (Å²) in [5.41, 5.74) is 4.34. The summed E-state index contributed by atoms with van der Waals surface area (Å²) >= 11 is 10.1. The van der Waals surface area contributed by atoms with Gasteiger partial charge in [-0.15, -0.1) is 0 Å². The molecule has 8 heteroatoms. The number of rotatable bonds is 6. The van der Waals surface area contributed by atoms with E-state index in [9.17, 15) is 9.59 Å². The van der Waals surface area contributed by atoms with Crippen molar-refractivity contribution in [1.82, 2.24) is 0 Å². The largest absolute Gasteiger partial charge is 0.484 e. The Bertz CT molecular complexity index is 1310. The lowest BCUT2D eigenvalue weighted by molar-refractivity contribution is -0.118. The molecule has 0 aliphatic carbocycles. The van der Waals surface area contributed by atoms with E-state index in [1.54, 1.807) is 23.1 Å². The molecule has 5 nitrogen and oxygen atoms in total. The van der Waals surface area contributed by atoms with Crippen LogP contribution >= 0.6 is 39.9 Å². The summed E-state index contributed by atoms with van der Waals surface area (Å²) in [7, 11) is 0. The maximum absolute atomic E-state index is 13.0. The van der Waals surface area contributed by atoms with Crippen LogP contribution in [0.3, 0.4) is 0 Å². The molecule has 0 saturated carbocycles. The molecule has 1 saturated heterocycles. The number of aryl methyl sites for hydroxylation is 2. The van der Waals surface area contributed by atoms with Crippen molar-refractivity contribution in [2.75, 3.05) is 16.8 Å². The minimum Gasteiger partial charge on any atom is -0.484 e. The van der Waals surface area contributed by atoms with Crippen molar-refractivity contribution in [1.29, 1.82) is 0 Å². The van der Waals surface area contributed by atoms with Crippen molar-refractivity contribution >= 4 is 73.5 Å². The van der Waals surface area contributed by atoms with Crippen molar-refractivity contribution in [2.45, 2.75) is 13.8 Å². The van der Waals surface area contributed by atoms with Gasteiger partial charge in [-0.05, 0) is 73.5 Å². The first kappa shape index (κ1) is 24.2. The van der Waals surface area contributed by atoms with Gasteiger partial charge in [0.1, 0.15) is 5.75 Å². The number of carbonyl (C=O) groups excluding carboxylic acids is 2. The number of hydrogen-bond donors (Lipinski definition) is 1. The second-order valence-electron chi connectivity index (χ2n) is 7.72. The Kier molecular flexibility index (Phi) is 7.50. The molecular weight excluding hydrogens is 532 g/mol. The van der Waals surface area contributed by atoms with E-state index in [2.05, 4.69) is 21.2 Å². The van der Waals surface area contributed by atoms with E-state index in [4.69, 9.17) is 17.0 Å². The number of hydrogen-bond acceptors (Lipinski definition) is 5. The lowest BCUT2D eigenvalue weighted by atomic mass is 10.2. The number of halogens is 1. The second kappa shape index (κ2) is 10.5. The Morgan fingerprint density at radius 2 is 1.88 bits per heavy atom. The maximum Gasteiger partial charge on any atom is 0.270 e. The number of thiocarbonyl (C=S) groups is 1. The molecule has 0 bridgehead atoms. The molecule has 3 aromatic rings. The summed E-state index contributed by atoms with van der Waals surface area (Å²) in [6, 6.07) is 20.6. The van der Waals surface area contributed by atoms with Crippen LogP contribution in [-0.2, 0) is 9.59 Å². The second-order valence-corrected chi connectivity index (χ2v) is 10.3. The van der Waals surface area contributed by atoms with Crippen molar-refractivity contribution < 1.29 is 14.3 Å². The Morgan fingerprint density at radius 1 is 1.12 bits per heavy atom. The number of carbonyl (C=O) groups is 2. The molecule has 0 spiro atoms. The smallest absolute Gasteiger partial charge is 0.270 e. The number of thioether (sulfide) groups is 1. The molecule has 0 aromatic heterocycles. The summed E-state index contributed by atoms with van der Waals surface area (Å²) in [5.74, 6) is 0.120. The van der Waals surface area contributed by atoms with Crippen LogP contribution in [-0.4, -0.2) is 22.7 Å². The molecule has 34 heavy (non-hydrogen) atoms. The van der Waals surface area contributed by atoms with Gasteiger partial charge in [0.2, 0.25) is 0 Å². The molecule has 0 radical (unpaired) electrons. The molecule has 1 fully saturated rings. The fourth-order valence-electron chi connectivity index (χ4n) is 3.33. The van der Waals surface area contributed by atoms with Crippen molar-refractivity contribution in [3.8, 4) is 5.75 Å². The first-order chi connectivity index (χ1) is 16.3. The molecule has 2 amide bonds. The van der Waals surface area contributed by atoms with E-state index in [0.29, 0.717) is 15.0 Å². The normalized spacial score (nSPS) is 14.6. The van der Waals surface area contributed by atoms with E-state index in [-0.39, 0.29) is 18.4 Å². The Hall–Kier alpha value is -2.94. The zero-order valence-corrected chi connectivity index (χ0v) is 21.7. The molecule has 1 heterocycles. The highest BCUT2D eigenvalue weighted by atomic mass is 79.9. The molecule has 0 atom stereocenters. The number of amides is 2. The molecule has 1 aliphatic rings. The van der Waals surface area contributed by atoms with Gasteiger partial charge in [0, 0.05) is 10.2 Å². The van der Waals surface area contributed by atoms with E-state index >= 15 is 0 Å². The lowest BCUT2D eigenvalue weighted by Crippen LogP contribution is -2.27. The van der Waals surface area contributed by atoms with E-state index in [1.165, 1.54) is 11.8 Å². The first-order valence-corrected chi connectivity index (χ1v) is 12.5. The third-order valence-electron chi connectivity index (χ3n) is 5.07. The van der Waals surface area contributed by atoms with Gasteiger partial charge in [-0.25, -0.2) is 0 Å². The Labute approximate surface area is 216 Å². The molecule has 1 aliphatic heterocycles. The fourth-order valence-corrected chi connectivity index (χ4v) is 5.11. The van der Waals surface area contributed by atoms with Gasteiger partial charge in [-0.3, -0.25) is 14.5 Å². The number of anilines is 2. The van der Waals surface area contributed by atoms with Crippen LogP contribution in [0, 0.1) is 13.8 Å². The Morgan fingerprint density at radius 3 is 2.62 bits per heavy atom. The van der Waals surface area contributed by atoms with Gasteiger partial charge in [-0.2, -0.15) is 0 Å². The quantitative estimate of drug-likeness (QED) is 0.280. The van der Waals surface area contributed by atoms with E-state index < -0.39 is 0 Å². The summed E-state index contributed by atoms with van der Waals surface area (Å²) in [4.78, 5) is 27.4. The molecular formula is C26H21BrN2O3S2. The Balaban J connectivity index is 1.42. The topological polar surface area (TPSA) is 58.6 Å². The highest BCUT2D eigenvalue weighted by Gasteiger charge is 2.33. The zero-order chi connectivity index (χ0) is 24.2. The van der Waals surface area contributed by atoms with Crippen molar-refractivity contribution in [3.63, 3.8) is 0 Å². The average Bonchev–Trinajstić information content (AvgIpc) is 3.08. The minimum atomic E-state index is -0.255. The van der Waals surface area contributed by atoms with Crippen LogP contribution < -0.4 is 15.0 Å². The molecule has 0 unspecified atom stereocenters. The average molecular weight is 554 g/mol. The number of benzene rings is 3. The standard InChI is InChI=1S/C26H21BrN2O3S2/c1-16-6-9-20(10-7-16)29-25(31)23(34-26(29)33)14-18-4-3-5-21(13-18)32-15-24(30)28-22-11-8-19(27)12-17(22)2/h3-14H,15H2,1-2H3,(H,28,30)/b23-14-. The van der Waals surface area contributed by atoms with Gasteiger partial charge >= 0.3 is 0 Å². The first-order valence-electron chi connectivity index (χ1n) is 10.4. The van der Waals surface area contributed by atoms with Crippen LogP contribution in [0.2, 0.25) is 0 Å². The molecule has 4 rings (SSSR count). The summed E-state index contributed by atoms with van der Waals surface area (Å²) < 4.78 is 7.12. The highest BCUT2D eigenvalue weighted by molar-refractivity contribution is 9.10. The molecule has 3 aromatic carbocycles. The third kappa shape index (κ3) is 5.75. The lowest BCUT2D eigenvalue weighted by Gasteiger charge is -2.14. The molecule has 172 valence electrons. The number of nitrogens with zero attached hydrogens (tertiary/aromatic N) is 1. The SMILES string of the molecule is Cc1ccc(N2C(=O)/C(=C/c3cccc(OCC(=O)Nc4ccc(Br)cc4C)c3)SC2=S)cc1. The maximum atomic E-state index is 13.0. The van der Waals surface area contributed by atoms with Crippen molar-refractivity contribution in [2.24, 2.45) is 0 Å². The van der Waals surface area contributed by atoms with E-state index in [0.717, 1.165) is 32.5 Å². The van der Waals surface area contributed by atoms with Gasteiger partial charge in [0.15, 0.2) is 10.9 Å². The van der Waals surface area contributed by atoms with E-state index in [1.807, 2.05) is 68.4 Å². The fraction of sp³-hybridized carbons (Fsp3) is 0.115. The minimum absolute atomic E-state index is 0.130. The highest BCUT2D eigenvalue weighted by Crippen LogP contribution is 2.36.